The fourth-order valence-electron chi connectivity index (χ4n) is 3.83. The van der Waals surface area contributed by atoms with Gasteiger partial charge in [-0.15, -0.1) is 0 Å². The van der Waals surface area contributed by atoms with Gasteiger partial charge < -0.3 is 15.1 Å². The summed E-state index contributed by atoms with van der Waals surface area (Å²) in [6, 6.07) is 7.45. The maximum atomic E-state index is 13.7. The number of hydrogen-bond donors (Lipinski definition) is 1. The number of aromatic nitrogens is 1. The van der Waals surface area contributed by atoms with Gasteiger partial charge in [0.15, 0.2) is 0 Å². The van der Waals surface area contributed by atoms with Crippen LogP contribution >= 0.6 is 0 Å². The normalized spacial score (nSPS) is 13.8. The van der Waals surface area contributed by atoms with Crippen LogP contribution in [0.3, 0.4) is 0 Å². The number of amides is 2. The molecule has 1 N–H and O–H groups in total. The van der Waals surface area contributed by atoms with Gasteiger partial charge in [-0.05, 0) is 24.3 Å². The average molecular weight is 455 g/mol. The second-order valence-corrected chi connectivity index (χ2v) is 7.46. The Hall–Kier alpha value is -4.15. The van der Waals surface area contributed by atoms with Crippen molar-refractivity contribution >= 4 is 34.0 Å². The smallest absolute Gasteiger partial charge is 0.278 e. The molecule has 0 spiro atoms. The van der Waals surface area contributed by atoms with Crippen molar-refractivity contribution in [3.63, 3.8) is 0 Å². The van der Waals surface area contributed by atoms with E-state index >= 15 is 0 Å². The van der Waals surface area contributed by atoms with Crippen molar-refractivity contribution in [3.8, 4) is 0 Å². The molecule has 1 saturated heterocycles. The third kappa shape index (κ3) is 4.56. The van der Waals surface area contributed by atoms with Crippen LogP contribution in [-0.2, 0) is 4.79 Å². The van der Waals surface area contributed by atoms with E-state index < -0.39 is 22.5 Å². The largest absolute Gasteiger partial charge is 0.367 e. The van der Waals surface area contributed by atoms with Crippen LogP contribution < -0.4 is 10.2 Å². The van der Waals surface area contributed by atoms with Crippen molar-refractivity contribution in [2.45, 2.75) is 0 Å². The summed E-state index contributed by atoms with van der Waals surface area (Å²) in [7, 11) is 0. The van der Waals surface area contributed by atoms with Crippen LogP contribution in [0.25, 0.3) is 10.8 Å². The van der Waals surface area contributed by atoms with Crippen molar-refractivity contribution in [2.24, 2.45) is 0 Å². The highest BCUT2D eigenvalue weighted by Gasteiger charge is 2.24. The zero-order valence-electron chi connectivity index (χ0n) is 17.3. The first-order valence-electron chi connectivity index (χ1n) is 10.1. The average Bonchev–Trinajstić information content (AvgIpc) is 2.81. The van der Waals surface area contributed by atoms with E-state index in [0.717, 1.165) is 17.8 Å². The van der Waals surface area contributed by atoms with Crippen LogP contribution in [0, 0.1) is 21.7 Å². The summed E-state index contributed by atoms with van der Waals surface area (Å²) in [5, 5.41) is 14.8. The monoisotopic (exact) mass is 455 g/mol. The Morgan fingerprint density at radius 1 is 1.06 bits per heavy atom. The summed E-state index contributed by atoms with van der Waals surface area (Å²) >= 11 is 0. The first-order valence-corrected chi connectivity index (χ1v) is 10.1. The predicted octanol–water partition coefficient (Wildman–Crippen LogP) is 2.50. The third-order valence-electron chi connectivity index (χ3n) is 5.52. The standard InChI is InChI=1S/C22H19F2N5O4/c23-14-1-2-16(18(24)11-14)22(31)26-13-21(30)28-9-7-27(8-10-28)19-3-4-20(29(32)33)17-12-25-6-5-15(17)19/h1-6,11-12H,7-10,13H2,(H,26,31). The molecule has 3 aromatic rings. The molecule has 1 fully saturated rings. The number of pyridine rings is 1. The number of halogens is 2. The Balaban J connectivity index is 1.38. The van der Waals surface area contributed by atoms with Gasteiger partial charge in [-0.3, -0.25) is 24.7 Å². The minimum Gasteiger partial charge on any atom is -0.367 e. The number of non-ortho nitro benzene ring substituents is 1. The van der Waals surface area contributed by atoms with Crippen LogP contribution in [0.2, 0.25) is 0 Å². The van der Waals surface area contributed by atoms with Crippen molar-refractivity contribution < 1.29 is 23.3 Å². The van der Waals surface area contributed by atoms with E-state index in [1.165, 1.54) is 12.3 Å². The molecule has 2 amide bonds. The number of rotatable bonds is 5. The number of benzene rings is 2. The number of anilines is 1. The number of carbonyl (C=O) groups excluding carboxylic acids is 2. The molecule has 11 heteroatoms. The minimum atomic E-state index is -1.00. The highest BCUT2D eigenvalue weighted by atomic mass is 19.1. The van der Waals surface area contributed by atoms with E-state index in [2.05, 4.69) is 10.3 Å². The Bertz CT molecular complexity index is 1240. The maximum absolute atomic E-state index is 13.7. The highest BCUT2D eigenvalue weighted by molar-refractivity contribution is 5.99. The zero-order valence-corrected chi connectivity index (χ0v) is 17.3. The second kappa shape index (κ2) is 9.15. The first-order chi connectivity index (χ1) is 15.8. The highest BCUT2D eigenvalue weighted by Crippen LogP contribution is 2.33. The molecule has 2 aromatic carbocycles. The number of nitro groups is 1. The molecule has 9 nitrogen and oxygen atoms in total. The van der Waals surface area contributed by atoms with Gasteiger partial charge in [-0.25, -0.2) is 8.78 Å². The molecule has 0 radical (unpaired) electrons. The van der Waals surface area contributed by atoms with E-state index in [4.69, 9.17) is 0 Å². The fraction of sp³-hybridized carbons (Fsp3) is 0.227. The van der Waals surface area contributed by atoms with E-state index in [0.29, 0.717) is 43.0 Å². The number of hydrogen-bond acceptors (Lipinski definition) is 6. The molecular formula is C22H19F2N5O4. The van der Waals surface area contributed by atoms with Gasteiger partial charge in [-0.1, -0.05) is 0 Å². The molecule has 170 valence electrons. The number of piperazine rings is 1. The molecule has 4 rings (SSSR count). The van der Waals surface area contributed by atoms with Crippen molar-refractivity contribution in [2.75, 3.05) is 37.6 Å². The number of nitro benzene ring substituents is 1. The van der Waals surface area contributed by atoms with Crippen molar-refractivity contribution in [3.05, 3.63) is 76.1 Å². The van der Waals surface area contributed by atoms with Crippen LogP contribution in [0.15, 0.2) is 48.8 Å². The molecule has 2 heterocycles. The molecule has 0 saturated carbocycles. The lowest BCUT2D eigenvalue weighted by molar-refractivity contribution is -0.383. The van der Waals surface area contributed by atoms with Gasteiger partial charge in [0.05, 0.1) is 22.4 Å². The second-order valence-electron chi connectivity index (χ2n) is 7.46. The summed E-state index contributed by atoms with van der Waals surface area (Å²) in [6.07, 6.45) is 3.03. The van der Waals surface area contributed by atoms with Crippen LogP contribution in [0.1, 0.15) is 10.4 Å². The van der Waals surface area contributed by atoms with E-state index in [9.17, 15) is 28.5 Å². The minimum absolute atomic E-state index is 0.0241. The third-order valence-corrected chi connectivity index (χ3v) is 5.52. The SMILES string of the molecule is O=C(NCC(=O)N1CCN(c2ccc([N+](=O)[O-])c3cnccc23)CC1)c1ccc(F)cc1F. The van der Waals surface area contributed by atoms with Crippen molar-refractivity contribution in [1.82, 2.24) is 15.2 Å². The number of fused-ring (bicyclic) bond motifs is 1. The lowest BCUT2D eigenvalue weighted by Gasteiger charge is -2.36. The lowest BCUT2D eigenvalue weighted by atomic mass is 10.1. The lowest BCUT2D eigenvalue weighted by Crippen LogP contribution is -2.51. The summed E-state index contributed by atoms with van der Waals surface area (Å²) in [5.74, 6) is -2.93. The molecule has 1 aromatic heterocycles. The maximum Gasteiger partial charge on any atom is 0.278 e. The van der Waals surface area contributed by atoms with Crippen LogP contribution in [-0.4, -0.2) is 59.3 Å². The number of nitrogens with one attached hydrogen (secondary N) is 1. The van der Waals surface area contributed by atoms with Gasteiger partial charge in [-0.2, -0.15) is 0 Å². The zero-order chi connectivity index (χ0) is 23.5. The summed E-state index contributed by atoms with van der Waals surface area (Å²) < 4.78 is 26.7. The molecule has 0 atom stereocenters. The predicted molar refractivity (Wildman–Crippen MR) is 116 cm³/mol. The molecular weight excluding hydrogens is 436 g/mol. The summed E-state index contributed by atoms with van der Waals surface area (Å²) in [4.78, 5) is 43.1. The molecule has 0 aliphatic carbocycles. The Kier molecular flexibility index (Phi) is 6.11. The van der Waals surface area contributed by atoms with Crippen LogP contribution in [0.4, 0.5) is 20.2 Å². The molecule has 0 bridgehead atoms. The van der Waals surface area contributed by atoms with Crippen molar-refractivity contribution in [1.29, 1.82) is 0 Å². The molecule has 1 aliphatic rings. The molecule has 1 aliphatic heterocycles. The van der Waals surface area contributed by atoms with E-state index in [-0.39, 0.29) is 23.7 Å². The number of nitrogens with zero attached hydrogens (tertiary/aromatic N) is 4. The van der Waals surface area contributed by atoms with Gasteiger partial charge in [0, 0.05) is 61.8 Å². The number of carbonyl (C=O) groups is 2. The summed E-state index contributed by atoms with van der Waals surface area (Å²) in [6.45, 7) is 1.41. The van der Waals surface area contributed by atoms with Gasteiger partial charge in [0.1, 0.15) is 11.6 Å². The van der Waals surface area contributed by atoms with E-state index in [1.54, 1.807) is 23.2 Å². The molecule has 0 unspecified atom stereocenters. The van der Waals surface area contributed by atoms with E-state index in [1.807, 2.05) is 4.90 Å². The molecule has 33 heavy (non-hydrogen) atoms. The first kappa shape index (κ1) is 22.1. The van der Waals surface area contributed by atoms with Gasteiger partial charge in [0.25, 0.3) is 11.6 Å². The van der Waals surface area contributed by atoms with Gasteiger partial charge >= 0.3 is 0 Å². The van der Waals surface area contributed by atoms with Crippen LogP contribution in [0.5, 0.6) is 0 Å². The Morgan fingerprint density at radius 3 is 2.52 bits per heavy atom. The Labute approximate surface area is 186 Å². The Morgan fingerprint density at radius 2 is 1.82 bits per heavy atom. The quantitative estimate of drug-likeness (QED) is 0.468. The summed E-state index contributed by atoms with van der Waals surface area (Å²) in [5.41, 5.74) is 0.447. The topological polar surface area (TPSA) is 109 Å². The fourth-order valence-corrected chi connectivity index (χ4v) is 3.83. The van der Waals surface area contributed by atoms with Gasteiger partial charge in [0.2, 0.25) is 5.91 Å².